The van der Waals surface area contributed by atoms with Crippen LogP contribution >= 0.6 is 0 Å². The Morgan fingerprint density at radius 1 is 1.04 bits per heavy atom. The van der Waals surface area contributed by atoms with E-state index in [1.54, 1.807) is 6.92 Å². The van der Waals surface area contributed by atoms with Gasteiger partial charge in [-0.2, -0.15) is 4.91 Å². The molecule has 0 aromatic rings. The number of primary amides is 1. The zero-order valence-corrected chi connectivity index (χ0v) is 14.0. The molecule has 0 aromatic heterocycles. The van der Waals surface area contributed by atoms with E-state index in [2.05, 4.69) is 5.18 Å². The number of carbonyl (C=O) groups excluding carboxylic acids is 3. The second kappa shape index (κ2) is 11.3. The Morgan fingerprint density at radius 2 is 1.61 bits per heavy atom. The van der Waals surface area contributed by atoms with E-state index in [1.165, 1.54) is 9.80 Å². The number of hydrogen-bond donors (Lipinski definition) is 1. The van der Waals surface area contributed by atoms with Crippen LogP contribution in [0.4, 0.5) is 0 Å². The van der Waals surface area contributed by atoms with E-state index in [-0.39, 0.29) is 19.0 Å². The molecule has 0 saturated heterocycles. The fourth-order valence-electron chi connectivity index (χ4n) is 2.00. The standard InChI is InChI=1S/C15H26N4O4/c1-4-9-18(11-8-17-23)13(20)6-7-14(21)19(10-5-2)12(3)15(16)22/h6-7,12H,4-5,8-11H2,1-3H3,(H2,16,22)/b7-6+/t12-/m0/s1. The summed E-state index contributed by atoms with van der Waals surface area (Å²) in [7, 11) is 0. The van der Waals surface area contributed by atoms with Gasteiger partial charge in [0, 0.05) is 31.8 Å². The van der Waals surface area contributed by atoms with Crippen molar-refractivity contribution >= 4 is 17.7 Å². The van der Waals surface area contributed by atoms with Crippen molar-refractivity contribution in [3.05, 3.63) is 17.1 Å². The lowest BCUT2D eigenvalue weighted by molar-refractivity contribution is -0.135. The van der Waals surface area contributed by atoms with Crippen LogP contribution in [0, 0.1) is 4.91 Å². The number of carbonyl (C=O) groups is 3. The second-order valence-electron chi connectivity index (χ2n) is 5.12. The first kappa shape index (κ1) is 20.8. The summed E-state index contributed by atoms with van der Waals surface area (Å²) in [6.45, 7) is 6.39. The highest BCUT2D eigenvalue weighted by Crippen LogP contribution is 2.03. The molecule has 0 rings (SSSR count). The molecule has 0 aliphatic carbocycles. The summed E-state index contributed by atoms with van der Waals surface area (Å²) < 4.78 is 0. The third-order valence-corrected chi connectivity index (χ3v) is 3.26. The van der Waals surface area contributed by atoms with E-state index in [0.717, 1.165) is 18.6 Å². The van der Waals surface area contributed by atoms with Gasteiger partial charge < -0.3 is 15.5 Å². The largest absolute Gasteiger partial charge is 0.368 e. The van der Waals surface area contributed by atoms with Crippen LogP contribution in [0.25, 0.3) is 0 Å². The van der Waals surface area contributed by atoms with Crippen LogP contribution in [0.2, 0.25) is 0 Å². The van der Waals surface area contributed by atoms with Crippen molar-refractivity contribution in [3.8, 4) is 0 Å². The summed E-state index contributed by atoms with van der Waals surface area (Å²) in [5.74, 6) is -1.42. The Bertz CT molecular complexity index is 451. The summed E-state index contributed by atoms with van der Waals surface area (Å²) in [6, 6.07) is -0.742. The van der Waals surface area contributed by atoms with Crippen molar-refractivity contribution < 1.29 is 14.4 Å². The van der Waals surface area contributed by atoms with Gasteiger partial charge in [-0.15, -0.1) is 0 Å². The number of nitrogens with zero attached hydrogens (tertiary/aromatic N) is 3. The van der Waals surface area contributed by atoms with Crippen molar-refractivity contribution in [3.63, 3.8) is 0 Å². The van der Waals surface area contributed by atoms with Crippen molar-refractivity contribution in [1.29, 1.82) is 0 Å². The van der Waals surface area contributed by atoms with Crippen molar-refractivity contribution in [2.45, 2.75) is 39.7 Å². The van der Waals surface area contributed by atoms with Gasteiger partial charge in [0.05, 0.1) is 6.54 Å². The monoisotopic (exact) mass is 326 g/mol. The Hall–Kier alpha value is -2.25. The van der Waals surface area contributed by atoms with Gasteiger partial charge in [0.25, 0.3) is 0 Å². The number of nitrogens with two attached hydrogens (primary N) is 1. The maximum Gasteiger partial charge on any atom is 0.247 e. The molecule has 1 atom stereocenters. The first-order valence-electron chi connectivity index (χ1n) is 7.74. The van der Waals surface area contributed by atoms with Crippen LogP contribution < -0.4 is 5.73 Å². The maximum atomic E-state index is 12.2. The molecule has 0 unspecified atom stereocenters. The molecule has 0 aromatic carbocycles. The summed E-state index contributed by atoms with van der Waals surface area (Å²) in [5.41, 5.74) is 5.23. The van der Waals surface area contributed by atoms with Crippen molar-refractivity contribution in [2.24, 2.45) is 10.9 Å². The van der Waals surface area contributed by atoms with Crippen LogP contribution in [-0.2, 0) is 14.4 Å². The van der Waals surface area contributed by atoms with Gasteiger partial charge in [-0.3, -0.25) is 14.4 Å². The molecule has 130 valence electrons. The highest BCUT2D eigenvalue weighted by Gasteiger charge is 2.22. The van der Waals surface area contributed by atoms with E-state index >= 15 is 0 Å². The zero-order valence-electron chi connectivity index (χ0n) is 14.0. The fraction of sp³-hybridized carbons (Fsp3) is 0.667. The van der Waals surface area contributed by atoms with Gasteiger partial charge >= 0.3 is 0 Å². The molecule has 0 fully saturated rings. The number of hydrogen-bond acceptors (Lipinski definition) is 5. The number of rotatable bonds is 11. The van der Waals surface area contributed by atoms with Crippen LogP contribution in [0.5, 0.6) is 0 Å². The van der Waals surface area contributed by atoms with Gasteiger partial charge in [-0.1, -0.05) is 19.0 Å². The minimum absolute atomic E-state index is 0.00813. The minimum Gasteiger partial charge on any atom is -0.368 e. The van der Waals surface area contributed by atoms with Crippen molar-refractivity contribution in [1.82, 2.24) is 9.80 Å². The minimum atomic E-state index is -0.742. The smallest absolute Gasteiger partial charge is 0.247 e. The lowest BCUT2D eigenvalue weighted by Crippen LogP contribution is -2.46. The van der Waals surface area contributed by atoms with Gasteiger partial charge in [-0.05, 0) is 19.8 Å². The molecule has 3 amide bonds. The van der Waals surface area contributed by atoms with E-state index in [4.69, 9.17) is 5.73 Å². The molecule has 8 heteroatoms. The molecule has 0 heterocycles. The quantitative estimate of drug-likeness (QED) is 0.444. The van der Waals surface area contributed by atoms with Gasteiger partial charge in [-0.25, -0.2) is 0 Å². The lowest BCUT2D eigenvalue weighted by Gasteiger charge is -2.25. The third kappa shape index (κ3) is 7.53. The van der Waals surface area contributed by atoms with Gasteiger partial charge in [0.15, 0.2) is 0 Å². The third-order valence-electron chi connectivity index (χ3n) is 3.26. The summed E-state index contributed by atoms with van der Waals surface area (Å²) in [5, 5.41) is 2.74. The van der Waals surface area contributed by atoms with Crippen LogP contribution in [0.3, 0.4) is 0 Å². The summed E-state index contributed by atoms with van der Waals surface area (Å²) >= 11 is 0. The normalized spacial score (nSPS) is 12.0. The lowest BCUT2D eigenvalue weighted by atomic mass is 10.2. The van der Waals surface area contributed by atoms with Crippen LogP contribution in [0.1, 0.15) is 33.6 Å². The molecule has 0 bridgehead atoms. The summed E-state index contributed by atoms with van der Waals surface area (Å²) in [4.78, 5) is 48.5. The molecule has 8 nitrogen and oxygen atoms in total. The Balaban J connectivity index is 4.92. The van der Waals surface area contributed by atoms with Crippen LogP contribution in [-0.4, -0.2) is 59.7 Å². The van der Waals surface area contributed by atoms with E-state index in [1.807, 2.05) is 13.8 Å². The van der Waals surface area contributed by atoms with Crippen molar-refractivity contribution in [2.75, 3.05) is 26.2 Å². The predicted octanol–water partition coefficient (Wildman–Crippen LogP) is 0.660. The van der Waals surface area contributed by atoms with E-state index in [9.17, 15) is 19.3 Å². The molecule has 23 heavy (non-hydrogen) atoms. The Morgan fingerprint density at radius 3 is 2.09 bits per heavy atom. The second-order valence-corrected chi connectivity index (χ2v) is 5.12. The fourth-order valence-corrected chi connectivity index (χ4v) is 2.00. The Labute approximate surface area is 136 Å². The first-order chi connectivity index (χ1) is 10.9. The molecule has 0 saturated carbocycles. The molecule has 0 spiro atoms. The highest BCUT2D eigenvalue weighted by atomic mass is 16.3. The number of amides is 3. The molecular formula is C15H26N4O4. The topological polar surface area (TPSA) is 113 Å². The zero-order chi connectivity index (χ0) is 17.8. The van der Waals surface area contributed by atoms with E-state index in [0.29, 0.717) is 19.5 Å². The SMILES string of the molecule is CCCN(CCN=O)C(=O)/C=C/C(=O)N(CCC)[C@@H](C)C(N)=O. The molecule has 0 aliphatic rings. The predicted molar refractivity (Wildman–Crippen MR) is 87.3 cm³/mol. The molecule has 2 N–H and O–H groups in total. The van der Waals surface area contributed by atoms with E-state index < -0.39 is 17.9 Å². The molecular weight excluding hydrogens is 300 g/mol. The Kier molecular flexibility index (Phi) is 10.2. The molecule has 0 aliphatic heterocycles. The average molecular weight is 326 g/mol. The van der Waals surface area contributed by atoms with Crippen LogP contribution in [0.15, 0.2) is 17.3 Å². The maximum absolute atomic E-state index is 12.2. The van der Waals surface area contributed by atoms with Gasteiger partial charge in [0.1, 0.15) is 6.04 Å². The van der Waals surface area contributed by atoms with Gasteiger partial charge in [0.2, 0.25) is 17.7 Å². The first-order valence-corrected chi connectivity index (χ1v) is 7.74. The highest BCUT2D eigenvalue weighted by molar-refractivity contribution is 5.98. The molecule has 0 radical (unpaired) electrons. The number of nitroso groups, excluding NO2 is 1. The summed E-state index contributed by atoms with van der Waals surface area (Å²) in [6.07, 6.45) is 3.68. The average Bonchev–Trinajstić information content (AvgIpc) is 2.53.